The first kappa shape index (κ1) is 11.5. The van der Waals surface area contributed by atoms with E-state index in [1.165, 1.54) is 42.3 Å². The molecule has 1 aromatic carbocycles. The van der Waals surface area contributed by atoms with E-state index in [0.29, 0.717) is 0 Å². The minimum atomic E-state index is 0. The number of aromatic nitrogens is 1. The lowest BCUT2D eigenvalue weighted by atomic mass is 9.96. The molecule has 0 saturated carbocycles. The fraction of sp³-hybridized carbons (Fsp3) is 0.385. The molecule has 0 fully saturated rings. The Morgan fingerprint density at radius 1 is 1.12 bits per heavy atom. The van der Waals surface area contributed by atoms with Gasteiger partial charge in [-0.3, -0.25) is 4.68 Å². The van der Waals surface area contributed by atoms with E-state index in [-0.39, 0.29) is 17.0 Å². The van der Waals surface area contributed by atoms with Crippen LogP contribution in [0.2, 0.25) is 0 Å². The lowest BCUT2D eigenvalue weighted by Crippen LogP contribution is -2.14. The Hall–Kier alpha value is -0.960. The molecule has 0 radical (unpaired) electrons. The van der Waals surface area contributed by atoms with Crippen LogP contribution in [-0.2, 0) is 12.8 Å². The summed E-state index contributed by atoms with van der Waals surface area (Å²) in [4.78, 5) is 0. The van der Waals surface area contributed by atoms with Gasteiger partial charge in [-0.25, -0.2) is 0 Å². The van der Waals surface area contributed by atoms with Gasteiger partial charge in [0.2, 0.25) is 0 Å². The molecule has 0 aliphatic heterocycles. The van der Waals surface area contributed by atoms with Crippen LogP contribution < -0.4 is 5.43 Å². The molecule has 2 aromatic rings. The highest BCUT2D eigenvalue weighted by atomic mass is 79.9. The number of halogens is 1. The van der Waals surface area contributed by atoms with E-state index in [4.69, 9.17) is 0 Å². The monoisotopic (exact) mass is 280 g/mol. The number of nitrogens with zero attached hydrogens (tertiary/aromatic N) is 1. The molecule has 0 saturated heterocycles. The number of benzene rings is 1. The molecule has 0 bridgehead atoms. The maximum atomic E-state index is 3.29. The highest BCUT2D eigenvalue weighted by Gasteiger charge is 2.18. The zero-order valence-electron chi connectivity index (χ0n) is 9.49. The SMILES string of the molecule is Br.CNn1c2c(c3ccccc31)CCCC2. The van der Waals surface area contributed by atoms with Crippen LogP contribution in [0.3, 0.4) is 0 Å². The molecule has 86 valence electrons. The van der Waals surface area contributed by atoms with Crippen molar-refractivity contribution in [3.05, 3.63) is 35.5 Å². The van der Waals surface area contributed by atoms with E-state index >= 15 is 0 Å². The van der Waals surface area contributed by atoms with Crippen molar-refractivity contribution >= 4 is 27.9 Å². The summed E-state index contributed by atoms with van der Waals surface area (Å²) in [5.74, 6) is 0. The number of hydrogen-bond acceptors (Lipinski definition) is 1. The number of nitrogens with one attached hydrogen (secondary N) is 1. The van der Waals surface area contributed by atoms with Crippen molar-refractivity contribution in [3.8, 4) is 0 Å². The third kappa shape index (κ3) is 1.54. The molecule has 0 atom stereocenters. The van der Waals surface area contributed by atoms with E-state index in [1.54, 1.807) is 5.56 Å². The molecule has 3 heteroatoms. The largest absolute Gasteiger partial charge is 0.329 e. The van der Waals surface area contributed by atoms with Gasteiger partial charge in [-0.15, -0.1) is 17.0 Å². The first-order valence-corrected chi connectivity index (χ1v) is 5.71. The minimum absolute atomic E-state index is 0. The highest BCUT2D eigenvalue weighted by Crippen LogP contribution is 2.30. The second-order valence-electron chi connectivity index (χ2n) is 4.21. The molecule has 2 nitrogen and oxygen atoms in total. The second kappa shape index (κ2) is 4.50. The number of para-hydroxylation sites is 1. The molecule has 1 aliphatic rings. The number of rotatable bonds is 1. The summed E-state index contributed by atoms with van der Waals surface area (Å²) < 4.78 is 2.25. The number of aryl methyl sites for hydroxylation is 1. The Balaban J connectivity index is 0.000000963. The molecule has 0 amide bonds. The Labute approximate surface area is 106 Å². The third-order valence-corrected chi connectivity index (χ3v) is 3.40. The summed E-state index contributed by atoms with van der Waals surface area (Å²) in [5.41, 5.74) is 7.67. The summed E-state index contributed by atoms with van der Waals surface area (Å²) in [5, 5.41) is 1.43. The summed E-state index contributed by atoms with van der Waals surface area (Å²) in [6, 6.07) is 8.69. The molecule has 1 N–H and O–H groups in total. The molecular formula is C13H17BrN2. The van der Waals surface area contributed by atoms with Gasteiger partial charge in [0.25, 0.3) is 0 Å². The van der Waals surface area contributed by atoms with Crippen molar-refractivity contribution in [2.75, 3.05) is 12.5 Å². The van der Waals surface area contributed by atoms with Gasteiger partial charge in [0.15, 0.2) is 0 Å². The van der Waals surface area contributed by atoms with Gasteiger partial charge in [-0.2, -0.15) is 0 Å². The van der Waals surface area contributed by atoms with E-state index in [0.717, 1.165) is 0 Å². The van der Waals surface area contributed by atoms with Gasteiger partial charge < -0.3 is 5.43 Å². The zero-order chi connectivity index (χ0) is 10.3. The topological polar surface area (TPSA) is 17.0 Å². The van der Waals surface area contributed by atoms with Crippen LogP contribution in [0.4, 0.5) is 0 Å². The Morgan fingerprint density at radius 3 is 2.69 bits per heavy atom. The molecule has 0 unspecified atom stereocenters. The van der Waals surface area contributed by atoms with Gasteiger partial charge in [0.1, 0.15) is 0 Å². The lowest BCUT2D eigenvalue weighted by Gasteiger charge is -2.15. The lowest BCUT2D eigenvalue weighted by molar-refractivity contribution is 0.656. The molecular weight excluding hydrogens is 264 g/mol. The standard InChI is InChI=1S/C13H16N2.BrH/c1-14-15-12-8-4-2-6-10(12)11-7-3-5-9-13(11)15;/h2,4,6,8,14H,3,5,7,9H2,1H3;1H. The minimum Gasteiger partial charge on any atom is -0.329 e. The second-order valence-corrected chi connectivity index (χ2v) is 4.21. The molecule has 1 heterocycles. The van der Waals surface area contributed by atoms with Crippen LogP contribution in [0, 0.1) is 0 Å². The summed E-state index contributed by atoms with van der Waals surface area (Å²) in [7, 11) is 2.00. The summed E-state index contributed by atoms with van der Waals surface area (Å²) in [6.07, 6.45) is 5.12. The molecule has 16 heavy (non-hydrogen) atoms. The van der Waals surface area contributed by atoms with E-state index < -0.39 is 0 Å². The van der Waals surface area contributed by atoms with Crippen molar-refractivity contribution < 1.29 is 0 Å². The van der Waals surface area contributed by atoms with Gasteiger partial charge >= 0.3 is 0 Å². The highest BCUT2D eigenvalue weighted by molar-refractivity contribution is 8.93. The summed E-state index contributed by atoms with van der Waals surface area (Å²) in [6.45, 7) is 0. The van der Waals surface area contributed by atoms with Crippen molar-refractivity contribution in [1.82, 2.24) is 4.68 Å². The van der Waals surface area contributed by atoms with Crippen LogP contribution in [0.1, 0.15) is 24.1 Å². The van der Waals surface area contributed by atoms with Gasteiger partial charge in [-0.1, -0.05) is 18.2 Å². The van der Waals surface area contributed by atoms with E-state index in [2.05, 4.69) is 34.4 Å². The average Bonchev–Trinajstić information content (AvgIpc) is 2.63. The smallest absolute Gasteiger partial charge is 0.0698 e. The van der Waals surface area contributed by atoms with Crippen LogP contribution in [-0.4, -0.2) is 11.7 Å². The van der Waals surface area contributed by atoms with Gasteiger partial charge in [0.05, 0.1) is 5.52 Å². The van der Waals surface area contributed by atoms with Crippen molar-refractivity contribution in [3.63, 3.8) is 0 Å². The Kier molecular flexibility index (Phi) is 3.24. The molecule has 3 rings (SSSR count). The fourth-order valence-electron chi connectivity index (χ4n) is 2.75. The first-order chi connectivity index (χ1) is 7.42. The maximum Gasteiger partial charge on any atom is 0.0698 e. The Bertz CT molecular complexity index is 469. The molecule has 1 aromatic heterocycles. The number of hydrogen-bond donors (Lipinski definition) is 1. The maximum absolute atomic E-state index is 3.29. The van der Waals surface area contributed by atoms with E-state index in [1.807, 2.05) is 7.05 Å². The van der Waals surface area contributed by atoms with Crippen LogP contribution >= 0.6 is 17.0 Å². The normalized spacial score (nSPS) is 14.3. The predicted octanol–water partition coefficient (Wildman–Crippen LogP) is 3.27. The number of fused-ring (bicyclic) bond motifs is 3. The molecule has 0 spiro atoms. The zero-order valence-corrected chi connectivity index (χ0v) is 11.2. The van der Waals surface area contributed by atoms with Gasteiger partial charge in [0, 0.05) is 18.1 Å². The van der Waals surface area contributed by atoms with Crippen molar-refractivity contribution in [1.29, 1.82) is 0 Å². The quantitative estimate of drug-likeness (QED) is 0.849. The summed E-state index contributed by atoms with van der Waals surface area (Å²) >= 11 is 0. The third-order valence-electron chi connectivity index (χ3n) is 3.40. The molecule has 1 aliphatic carbocycles. The van der Waals surface area contributed by atoms with Gasteiger partial charge in [-0.05, 0) is 37.3 Å². The fourth-order valence-corrected chi connectivity index (χ4v) is 2.75. The Morgan fingerprint density at radius 2 is 1.88 bits per heavy atom. The van der Waals surface area contributed by atoms with Crippen LogP contribution in [0.5, 0.6) is 0 Å². The van der Waals surface area contributed by atoms with Crippen molar-refractivity contribution in [2.24, 2.45) is 0 Å². The average molecular weight is 281 g/mol. The van der Waals surface area contributed by atoms with Crippen LogP contribution in [0.15, 0.2) is 24.3 Å². The van der Waals surface area contributed by atoms with Crippen molar-refractivity contribution in [2.45, 2.75) is 25.7 Å². The van der Waals surface area contributed by atoms with Crippen LogP contribution in [0.25, 0.3) is 10.9 Å². The van der Waals surface area contributed by atoms with E-state index in [9.17, 15) is 0 Å². The predicted molar refractivity (Wildman–Crippen MR) is 74.2 cm³/mol. The first-order valence-electron chi connectivity index (χ1n) is 5.71.